The van der Waals surface area contributed by atoms with Crippen molar-refractivity contribution >= 4 is 51.3 Å². The van der Waals surface area contributed by atoms with E-state index in [1.165, 1.54) is 22.3 Å². The smallest absolute Gasteiger partial charge is 0.250 e. The van der Waals surface area contributed by atoms with E-state index in [9.17, 15) is 0 Å². The maximum absolute atomic E-state index is 6.51. The van der Waals surface area contributed by atoms with Crippen LogP contribution in [0.3, 0.4) is 0 Å². The van der Waals surface area contributed by atoms with Crippen LogP contribution in [0.5, 0.6) is 11.5 Å². The Morgan fingerprint density at radius 2 is 1.27 bits per heavy atom. The van der Waals surface area contributed by atoms with Gasteiger partial charge in [0.05, 0.1) is 17.3 Å². The number of allylic oxidation sites excluding steroid dienone is 2. The monoisotopic (exact) mass is 684 g/mol. The second-order valence-electron chi connectivity index (χ2n) is 11.5. The van der Waals surface area contributed by atoms with Crippen LogP contribution < -0.4 is 9.16 Å². The highest BCUT2D eigenvalue weighted by Gasteiger charge is 2.38. The lowest BCUT2D eigenvalue weighted by molar-refractivity contribution is 0.244. The van der Waals surface area contributed by atoms with Gasteiger partial charge in [0.25, 0.3) is 0 Å². The van der Waals surface area contributed by atoms with Gasteiger partial charge in [0.1, 0.15) is 11.5 Å². The molecule has 0 amide bonds. The van der Waals surface area contributed by atoms with Crippen molar-refractivity contribution in [3.05, 3.63) is 59.7 Å². The molecule has 0 radical (unpaired) electrons. The molecule has 2 aromatic rings. The van der Waals surface area contributed by atoms with Gasteiger partial charge in [0.2, 0.25) is 8.32 Å². The fourth-order valence-corrected chi connectivity index (χ4v) is 5.67. The van der Waals surface area contributed by atoms with Gasteiger partial charge in [-0.15, -0.1) is 11.8 Å². The number of hydrogen-bond acceptors (Lipinski definition) is 2. The lowest BCUT2D eigenvalue weighted by Crippen LogP contribution is -2.43. The van der Waals surface area contributed by atoms with Crippen LogP contribution in [-0.2, 0) is 0 Å². The summed E-state index contributed by atoms with van der Waals surface area (Å²) in [6.07, 6.45) is 4.61. The molecular weight excluding hydrogens is 640 g/mol. The van der Waals surface area contributed by atoms with E-state index in [0.717, 1.165) is 48.9 Å². The van der Waals surface area contributed by atoms with Gasteiger partial charge in [-0.3, -0.25) is 0 Å². The second-order valence-corrected chi connectivity index (χ2v) is 17.3. The highest BCUT2D eigenvalue weighted by atomic mass is 79.9. The summed E-state index contributed by atoms with van der Waals surface area (Å²) in [7, 11) is -1.86. The van der Waals surface area contributed by atoms with E-state index in [1.807, 2.05) is 0 Å². The highest BCUT2D eigenvalue weighted by Crippen LogP contribution is 2.38. The van der Waals surface area contributed by atoms with Gasteiger partial charge in [0, 0.05) is 18.8 Å². The molecule has 2 rings (SSSR count). The Morgan fingerprint density at radius 3 is 1.75 bits per heavy atom. The maximum Gasteiger partial charge on any atom is 0.250 e. The Balaban J connectivity index is 2.17. The summed E-state index contributed by atoms with van der Waals surface area (Å²) in [6, 6.07) is 17.3. The minimum atomic E-state index is -1.86. The molecule has 0 heterocycles. The topological polar surface area (TPSA) is 18.5 Å². The number of hydrogen-bond donors (Lipinski definition) is 0. The van der Waals surface area contributed by atoms with E-state index in [-0.39, 0.29) is 5.04 Å². The number of alkyl halides is 2. The Bertz CT molecular complexity index is 1200. The third-order valence-corrected chi connectivity index (χ3v) is 12.5. The van der Waals surface area contributed by atoms with Gasteiger partial charge in [-0.05, 0) is 83.9 Å². The van der Waals surface area contributed by atoms with Gasteiger partial charge in [-0.1, -0.05) is 103 Å². The molecule has 0 spiro atoms. The molecule has 0 aliphatic heterocycles. The normalized spacial score (nSPS) is 12.8. The lowest BCUT2D eigenvalue weighted by atomic mass is 9.91. The zero-order valence-corrected chi connectivity index (χ0v) is 29.6. The second kappa shape index (κ2) is 17.1. The molecule has 0 saturated carbocycles. The fraction of sp³-hybridized carbons (Fsp3) is 0.486. The predicted molar refractivity (Wildman–Crippen MR) is 184 cm³/mol. The van der Waals surface area contributed by atoms with E-state index >= 15 is 0 Å². The van der Waals surface area contributed by atoms with Crippen LogP contribution in [0.2, 0.25) is 18.1 Å². The summed E-state index contributed by atoms with van der Waals surface area (Å²) < 4.78 is 12.7. The minimum absolute atomic E-state index is 0.176. The molecule has 0 fully saturated rings. The van der Waals surface area contributed by atoms with Crippen LogP contribution >= 0.6 is 31.9 Å². The standard InChI is InChI=1S/C35H46Br2O2Si/c1-8-33(34(9-2)30-19-23-32(24-20-30)39-40(6,7)35(3,4)5)29-17-21-31(22-18-29)38-27-28(16-12-14-26-37)15-11-10-13-25-36/h17-24,28H,8-9,11,15-16,25-27H2,1-7H3/b34-33+. The van der Waals surface area contributed by atoms with Crippen molar-refractivity contribution in [2.24, 2.45) is 5.92 Å². The van der Waals surface area contributed by atoms with Crippen molar-refractivity contribution < 1.29 is 9.16 Å². The van der Waals surface area contributed by atoms with Gasteiger partial charge in [0.15, 0.2) is 0 Å². The fourth-order valence-electron chi connectivity index (χ4n) is 4.24. The van der Waals surface area contributed by atoms with E-state index in [0.29, 0.717) is 17.9 Å². The zero-order chi connectivity index (χ0) is 29.6. The van der Waals surface area contributed by atoms with Gasteiger partial charge >= 0.3 is 0 Å². The molecular formula is C35H46Br2O2Si. The quantitative estimate of drug-likeness (QED) is 0.0958. The van der Waals surface area contributed by atoms with Crippen LogP contribution in [0.15, 0.2) is 48.5 Å². The molecule has 2 nitrogen and oxygen atoms in total. The largest absolute Gasteiger partial charge is 0.544 e. The molecule has 0 N–H and O–H groups in total. The van der Waals surface area contributed by atoms with Crippen LogP contribution in [-0.4, -0.2) is 25.6 Å². The molecule has 1 atom stereocenters. The summed E-state index contributed by atoms with van der Waals surface area (Å²) in [5.41, 5.74) is 5.27. The minimum Gasteiger partial charge on any atom is -0.544 e. The van der Waals surface area contributed by atoms with Gasteiger partial charge < -0.3 is 9.16 Å². The first-order valence-corrected chi connectivity index (χ1v) is 19.5. The summed E-state index contributed by atoms with van der Waals surface area (Å²) in [4.78, 5) is 0. The third kappa shape index (κ3) is 10.8. The molecule has 216 valence electrons. The first kappa shape index (κ1) is 34.3. The van der Waals surface area contributed by atoms with Crippen molar-refractivity contribution in [1.82, 2.24) is 0 Å². The summed E-state index contributed by atoms with van der Waals surface area (Å²) in [5.74, 6) is 14.9. The van der Waals surface area contributed by atoms with E-state index in [4.69, 9.17) is 9.16 Å². The molecule has 0 saturated heterocycles. The highest BCUT2D eigenvalue weighted by molar-refractivity contribution is 9.09. The van der Waals surface area contributed by atoms with Gasteiger partial charge in [-0.25, -0.2) is 0 Å². The van der Waals surface area contributed by atoms with E-state index in [2.05, 4.69) is 152 Å². The third-order valence-electron chi connectivity index (χ3n) is 7.59. The van der Waals surface area contributed by atoms with Crippen LogP contribution in [0, 0.1) is 29.6 Å². The van der Waals surface area contributed by atoms with Crippen LogP contribution in [0.1, 0.15) is 77.8 Å². The summed E-state index contributed by atoms with van der Waals surface area (Å²) in [6.45, 7) is 16.5. The van der Waals surface area contributed by atoms with Crippen LogP contribution in [0.25, 0.3) is 11.1 Å². The van der Waals surface area contributed by atoms with Crippen molar-refractivity contribution in [3.63, 3.8) is 0 Å². The maximum atomic E-state index is 6.51. The molecule has 2 aromatic carbocycles. The van der Waals surface area contributed by atoms with Crippen molar-refractivity contribution in [2.45, 2.75) is 84.9 Å². The zero-order valence-electron chi connectivity index (χ0n) is 25.4. The summed E-state index contributed by atoms with van der Waals surface area (Å²) in [5, 5.41) is 1.59. The van der Waals surface area contributed by atoms with E-state index < -0.39 is 8.32 Å². The van der Waals surface area contributed by atoms with Gasteiger partial charge in [-0.2, -0.15) is 0 Å². The molecule has 1 unspecified atom stereocenters. The first-order valence-electron chi connectivity index (χ1n) is 14.3. The van der Waals surface area contributed by atoms with Crippen molar-refractivity contribution in [3.8, 4) is 35.2 Å². The Morgan fingerprint density at radius 1 is 0.775 bits per heavy atom. The molecule has 0 bridgehead atoms. The number of benzene rings is 2. The number of ether oxygens (including phenoxy) is 1. The molecule has 0 aliphatic rings. The SMILES string of the molecule is CC/C(=C(/CC)c1ccc(O[Si](C)(C)C(C)(C)C)cc1)c1ccc(OCC(CC#CCBr)CCC#CCBr)cc1. The summed E-state index contributed by atoms with van der Waals surface area (Å²) >= 11 is 6.74. The lowest BCUT2D eigenvalue weighted by Gasteiger charge is -2.36. The number of rotatable bonds is 12. The Kier molecular flexibility index (Phi) is 14.7. The average Bonchev–Trinajstić information content (AvgIpc) is 2.92. The Hall–Kier alpha value is -1.92. The molecule has 0 aromatic heterocycles. The Labute approximate surface area is 262 Å². The van der Waals surface area contributed by atoms with E-state index in [1.54, 1.807) is 0 Å². The molecule has 0 aliphatic carbocycles. The number of halogens is 2. The van der Waals surface area contributed by atoms with Crippen molar-refractivity contribution in [1.29, 1.82) is 0 Å². The van der Waals surface area contributed by atoms with Crippen molar-refractivity contribution in [2.75, 3.05) is 17.3 Å². The average molecular weight is 687 g/mol. The molecule has 5 heteroatoms. The molecule has 40 heavy (non-hydrogen) atoms. The van der Waals surface area contributed by atoms with Crippen LogP contribution in [0.4, 0.5) is 0 Å². The predicted octanol–water partition coefficient (Wildman–Crippen LogP) is 10.8. The first-order chi connectivity index (χ1) is 19.1.